The SMILES string of the molecule is C[C@@H]1CNC[C@H](C)C1(O)c1c(F)cc(Cl)cc1F. The molecule has 5 heteroatoms. The van der Waals surface area contributed by atoms with E-state index in [9.17, 15) is 13.9 Å². The normalized spacial score (nSPS) is 32.6. The second-order valence-electron chi connectivity index (χ2n) is 5.03. The van der Waals surface area contributed by atoms with Crippen molar-refractivity contribution in [2.24, 2.45) is 11.8 Å². The molecule has 1 aromatic rings. The molecule has 0 aliphatic carbocycles. The van der Waals surface area contributed by atoms with Gasteiger partial charge in [-0.2, -0.15) is 0 Å². The van der Waals surface area contributed by atoms with E-state index < -0.39 is 17.2 Å². The van der Waals surface area contributed by atoms with E-state index in [1.807, 2.05) is 0 Å². The van der Waals surface area contributed by atoms with Gasteiger partial charge in [-0.25, -0.2) is 8.78 Å². The van der Waals surface area contributed by atoms with Crippen LogP contribution >= 0.6 is 11.6 Å². The van der Waals surface area contributed by atoms with Gasteiger partial charge in [0.15, 0.2) is 0 Å². The van der Waals surface area contributed by atoms with Crippen LogP contribution in [0.25, 0.3) is 0 Å². The third-order valence-electron chi connectivity index (χ3n) is 3.81. The minimum atomic E-state index is -1.51. The molecule has 1 heterocycles. The maximum atomic E-state index is 14.0. The highest BCUT2D eigenvalue weighted by Crippen LogP contribution is 2.41. The molecule has 0 bridgehead atoms. The lowest BCUT2D eigenvalue weighted by molar-refractivity contribution is -0.0856. The Bertz CT molecular complexity index is 433. The van der Waals surface area contributed by atoms with Crippen molar-refractivity contribution >= 4 is 11.6 Å². The highest BCUT2D eigenvalue weighted by atomic mass is 35.5. The summed E-state index contributed by atoms with van der Waals surface area (Å²) in [5.74, 6) is -2.15. The van der Waals surface area contributed by atoms with Crippen molar-refractivity contribution in [3.05, 3.63) is 34.4 Å². The Kier molecular flexibility index (Phi) is 3.63. The van der Waals surface area contributed by atoms with E-state index in [0.717, 1.165) is 12.1 Å². The Balaban J connectivity index is 2.58. The summed E-state index contributed by atoms with van der Waals surface area (Å²) in [4.78, 5) is 0. The van der Waals surface area contributed by atoms with Crippen molar-refractivity contribution in [1.82, 2.24) is 5.32 Å². The lowest BCUT2D eigenvalue weighted by atomic mass is 9.71. The summed E-state index contributed by atoms with van der Waals surface area (Å²) in [7, 11) is 0. The number of benzene rings is 1. The molecular formula is C13H16ClF2NO. The van der Waals surface area contributed by atoms with Gasteiger partial charge in [0.2, 0.25) is 0 Å². The van der Waals surface area contributed by atoms with Gasteiger partial charge in [-0.3, -0.25) is 0 Å². The highest BCUT2D eigenvalue weighted by Gasteiger charge is 2.46. The van der Waals surface area contributed by atoms with Crippen molar-refractivity contribution in [1.29, 1.82) is 0 Å². The summed E-state index contributed by atoms with van der Waals surface area (Å²) < 4.78 is 28.0. The number of halogens is 3. The quantitative estimate of drug-likeness (QED) is 0.826. The zero-order valence-electron chi connectivity index (χ0n) is 10.3. The molecule has 2 nitrogen and oxygen atoms in total. The van der Waals surface area contributed by atoms with E-state index in [-0.39, 0.29) is 22.4 Å². The van der Waals surface area contributed by atoms with Crippen molar-refractivity contribution < 1.29 is 13.9 Å². The van der Waals surface area contributed by atoms with Crippen LogP contribution in [0.3, 0.4) is 0 Å². The summed E-state index contributed by atoms with van der Waals surface area (Å²) in [5.41, 5.74) is -1.78. The van der Waals surface area contributed by atoms with Gasteiger partial charge in [0, 0.05) is 29.9 Å². The fourth-order valence-electron chi connectivity index (χ4n) is 2.73. The molecule has 1 aliphatic rings. The van der Waals surface area contributed by atoms with Crippen LogP contribution in [0.1, 0.15) is 19.4 Å². The molecule has 1 fully saturated rings. The second-order valence-corrected chi connectivity index (χ2v) is 5.47. The van der Waals surface area contributed by atoms with Gasteiger partial charge in [0.1, 0.15) is 17.2 Å². The van der Waals surface area contributed by atoms with Crippen molar-refractivity contribution in [3.63, 3.8) is 0 Å². The van der Waals surface area contributed by atoms with Gasteiger partial charge in [0.05, 0.1) is 5.56 Å². The molecule has 1 aromatic carbocycles. The Hall–Kier alpha value is -0.710. The van der Waals surface area contributed by atoms with Gasteiger partial charge >= 0.3 is 0 Å². The average molecular weight is 276 g/mol. The Morgan fingerprint density at radius 2 is 1.67 bits per heavy atom. The third-order valence-corrected chi connectivity index (χ3v) is 4.03. The summed E-state index contributed by atoms with van der Waals surface area (Å²) >= 11 is 5.61. The van der Waals surface area contributed by atoms with E-state index in [1.165, 1.54) is 0 Å². The van der Waals surface area contributed by atoms with Crippen LogP contribution < -0.4 is 5.32 Å². The highest BCUT2D eigenvalue weighted by molar-refractivity contribution is 6.30. The van der Waals surface area contributed by atoms with Gasteiger partial charge in [0.25, 0.3) is 0 Å². The number of rotatable bonds is 1. The van der Waals surface area contributed by atoms with E-state index in [2.05, 4.69) is 5.32 Å². The molecule has 2 N–H and O–H groups in total. The largest absolute Gasteiger partial charge is 0.384 e. The molecule has 0 aromatic heterocycles. The van der Waals surface area contributed by atoms with E-state index >= 15 is 0 Å². The van der Waals surface area contributed by atoms with Crippen LogP contribution in [0.4, 0.5) is 8.78 Å². The fourth-order valence-corrected chi connectivity index (χ4v) is 2.92. The minimum Gasteiger partial charge on any atom is -0.384 e. The third kappa shape index (κ3) is 2.02. The zero-order valence-corrected chi connectivity index (χ0v) is 11.1. The average Bonchev–Trinajstić information content (AvgIpc) is 2.24. The van der Waals surface area contributed by atoms with E-state index in [1.54, 1.807) is 13.8 Å². The van der Waals surface area contributed by atoms with Crippen molar-refractivity contribution in [3.8, 4) is 0 Å². The predicted octanol–water partition coefficient (Wildman–Crippen LogP) is 2.68. The number of aliphatic hydroxyl groups is 1. The van der Waals surface area contributed by atoms with Crippen LogP contribution in [0.2, 0.25) is 5.02 Å². The Labute approximate surface area is 110 Å². The number of hydrogen-bond acceptors (Lipinski definition) is 2. The molecule has 0 spiro atoms. The first-order chi connectivity index (χ1) is 8.37. The molecule has 18 heavy (non-hydrogen) atoms. The Morgan fingerprint density at radius 1 is 1.22 bits per heavy atom. The zero-order chi connectivity index (χ0) is 13.5. The van der Waals surface area contributed by atoms with Gasteiger partial charge in [-0.1, -0.05) is 25.4 Å². The summed E-state index contributed by atoms with van der Waals surface area (Å²) in [6.45, 7) is 4.58. The molecule has 1 unspecified atom stereocenters. The minimum absolute atomic E-state index is 0.00779. The van der Waals surface area contributed by atoms with Crippen LogP contribution in [0, 0.1) is 23.5 Å². The molecule has 1 saturated heterocycles. The molecule has 0 amide bonds. The number of nitrogens with one attached hydrogen (secondary N) is 1. The second kappa shape index (κ2) is 4.76. The van der Waals surface area contributed by atoms with Crippen molar-refractivity contribution in [2.45, 2.75) is 19.4 Å². The van der Waals surface area contributed by atoms with E-state index in [0.29, 0.717) is 13.1 Å². The summed E-state index contributed by atoms with van der Waals surface area (Å²) in [5, 5.41) is 13.9. The van der Waals surface area contributed by atoms with Crippen LogP contribution in [-0.2, 0) is 5.60 Å². The first-order valence-electron chi connectivity index (χ1n) is 5.95. The van der Waals surface area contributed by atoms with Crippen LogP contribution in [0.15, 0.2) is 12.1 Å². The van der Waals surface area contributed by atoms with Gasteiger partial charge in [-0.05, 0) is 12.1 Å². The molecular weight excluding hydrogens is 260 g/mol. The lowest BCUT2D eigenvalue weighted by Gasteiger charge is -2.44. The number of piperidine rings is 1. The maximum absolute atomic E-state index is 14.0. The monoisotopic (exact) mass is 275 g/mol. The Morgan fingerprint density at radius 3 is 2.11 bits per heavy atom. The smallest absolute Gasteiger partial charge is 0.133 e. The summed E-state index contributed by atoms with van der Waals surface area (Å²) in [6.07, 6.45) is 0. The van der Waals surface area contributed by atoms with Gasteiger partial charge in [-0.15, -0.1) is 0 Å². The predicted molar refractivity (Wildman–Crippen MR) is 66.5 cm³/mol. The lowest BCUT2D eigenvalue weighted by Crippen LogP contribution is -2.53. The van der Waals surface area contributed by atoms with Crippen LogP contribution in [-0.4, -0.2) is 18.2 Å². The maximum Gasteiger partial charge on any atom is 0.133 e. The molecule has 0 saturated carbocycles. The molecule has 2 rings (SSSR count). The topological polar surface area (TPSA) is 32.3 Å². The van der Waals surface area contributed by atoms with E-state index in [4.69, 9.17) is 11.6 Å². The standard InChI is InChI=1S/C13H16ClF2NO/c1-7-5-17-6-8(2)13(7,18)12-10(15)3-9(14)4-11(12)16/h3-4,7-8,17-18H,5-6H2,1-2H3/t7-,8+,13?. The summed E-state index contributed by atoms with van der Waals surface area (Å²) in [6, 6.07) is 2.08. The van der Waals surface area contributed by atoms with Gasteiger partial charge < -0.3 is 10.4 Å². The van der Waals surface area contributed by atoms with Crippen molar-refractivity contribution in [2.75, 3.05) is 13.1 Å². The molecule has 3 atom stereocenters. The first kappa shape index (κ1) is 13.7. The molecule has 0 radical (unpaired) electrons. The molecule has 100 valence electrons. The fraction of sp³-hybridized carbons (Fsp3) is 0.538. The molecule has 1 aliphatic heterocycles. The number of hydrogen-bond donors (Lipinski definition) is 2. The first-order valence-corrected chi connectivity index (χ1v) is 6.33. The van der Waals surface area contributed by atoms with Crippen LogP contribution in [0.5, 0.6) is 0 Å².